The Hall–Kier alpha value is -2.03. The summed E-state index contributed by atoms with van der Waals surface area (Å²) >= 11 is 0. The van der Waals surface area contributed by atoms with Crippen LogP contribution in [0.4, 0.5) is 0 Å². The van der Waals surface area contributed by atoms with Crippen LogP contribution in [0.2, 0.25) is 0 Å². The van der Waals surface area contributed by atoms with E-state index in [1.165, 1.54) is 0 Å². The van der Waals surface area contributed by atoms with E-state index in [-0.39, 0.29) is 17.6 Å². The number of tetrazole rings is 1. The molecule has 0 atom stereocenters. The van der Waals surface area contributed by atoms with Gasteiger partial charge in [-0.05, 0) is 5.21 Å². The SMILES string of the molecule is CN(C)C(=O)CN1CCN(C(=O)c2nn[nH]n2)CC1. The topological polar surface area (TPSA) is 98.3 Å². The summed E-state index contributed by atoms with van der Waals surface area (Å²) in [6.45, 7) is 2.85. The highest BCUT2D eigenvalue weighted by Crippen LogP contribution is 2.05. The maximum Gasteiger partial charge on any atom is 0.295 e. The van der Waals surface area contributed by atoms with E-state index in [0.29, 0.717) is 32.7 Å². The van der Waals surface area contributed by atoms with Gasteiger partial charge in [-0.25, -0.2) is 0 Å². The van der Waals surface area contributed by atoms with E-state index in [0.717, 1.165) is 0 Å². The number of amides is 2. The highest BCUT2D eigenvalue weighted by molar-refractivity contribution is 5.90. The van der Waals surface area contributed by atoms with E-state index in [1.807, 2.05) is 4.90 Å². The van der Waals surface area contributed by atoms with Crippen molar-refractivity contribution in [3.63, 3.8) is 0 Å². The first-order valence-corrected chi connectivity index (χ1v) is 6.03. The molecule has 1 fully saturated rings. The Morgan fingerprint density at radius 3 is 2.47 bits per heavy atom. The number of carbonyl (C=O) groups is 2. The Labute approximate surface area is 110 Å². The molecule has 0 unspecified atom stereocenters. The zero-order valence-electron chi connectivity index (χ0n) is 11.0. The highest BCUT2D eigenvalue weighted by Gasteiger charge is 2.25. The van der Waals surface area contributed by atoms with Crippen molar-refractivity contribution in [1.29, 1.82) is 0 Å². The molecule has 19 heavy (non-hydrogen) atoms. The molecule has 2 heterocycles. The lowest BCUT2D eigenvalue weighted by Crippen LogP contribution is -2.51. The minimum atomic E-state index is -0.229. The Kier molecular flexibility index (Phi) is 4.05. The van der Waals surface area contributed by atoms with E-state index < -0.39 is 0 Å². The van der Waals surface area contributed by atoms with Gasteiger partial charge in [-0.2, -0.15) is 5.21 Å². The molecule has 2 amide bonds. The van der Waals surface area contributed by atoms with Gasteiger partial charge in [0.25, 0.3) is 11.7 Å². The second-order valence-electron chi connectivity index (χ2n) is 4.59. The molecule has 0 aliphatic carbocycles. The van der Waals surface area contributed by atoms with E-state index in [9.17, 15) is 9.59 Å². The molecule has 0 radical (unpaired) electrons. The molecule has 1 aliphatic rings. The van der Waals surface area contributed by atoms with Crippen molar-refractivity contribution in [3.8, 4) is 0 Å². The van der Waals surface area contributed by atoms with Crippen LogP contribution in [0.25, 0.3) is 0 Å². The van der Waals surface area contributed by atoms with Crippen LogP contribution in [0.5, 0.6) is 0 Å². The van der Waals surface area contributed by atoms with Crippen molar-refractivity contribution in [1.82, 2.24) is 35.3 Å². The van der Waals surface area contributed by atoms with E-state index in [2.05, 4.69) is 20.6 Å². The summed E-state index contributed by atoms with van der Waals surface area (Å²) in [6, 6.07) is 0. The zero-order chi connectivity index (χ0) is 13.8. The second-order valence-corrected chi connectivity index (χ2v) is 4.59. The largest absolute Gasteiger partial charge is 0.348 e. The number of aromatic nitrogens is 4. The number of likely N-dealkylation sites (N-methyl/N-ethyl adjacent to an activating group) is 1. The average Bonchev–Trinajstić information content (AvgIpc) is 2.92. The molecule has 104 valence electrons. The van der Waals surface area contributed by atoms with E-state index >= 15 is 0 Å². The number of carbonyl (C=O) groups excluding carboxylic acids is 2. The molecule has 9 heteroatoms. The summed E-state index contributed by atoms with van der Waals surface area (Å²) in [7, 11) is 3.47. The fraction of sp³-hybridized carbons (Fsp3) is 0.700. The van der Waals surface area contributed by atoms with Crippen molar-refractivity contribution in [2.24, 2.45) is 0 Å². The Bertz CT molecular complexity index is 437. The molecule has 2 rings (SSSR count). The monoisotopic (exact) mass is 267 g/mol. The summed E-state index contributed by atoms with van der Waals surface area (Å²) in [5.41, 5.74) is 0. The molecule has 1 aliphatic heterocycles. The number of nitrogens with zero attached hydrogens (tertiary/aromatic N) is 6. The van der Waals surface area contributed by atoms with Gasteiger partial charge in [0.2, 0.25) is 5.91 Å². The number of H-pyrrole nitrogens is 1. The summed E-state index contributed by atoms with van der Waals surface area (Å²) < 4.78 is 0. The minimum Gasteiger partial charge on any atom is -0.348 e. The predicted octanol–water partition coefficient (Wildman–Crippen LogP) is -1.95. The molecule has 1 aromatic heterocycles. The average molecular weight is 267 g/mol. The van der Waals surface area contributed by atoms with E-state index in [1.54, 1.807) is 23.9 Å². The molecular formula is C10H17N7O2. The number of hydrogen-bond donors (Lipinski definition) is 1. The van der Waals surface area contributed by atoms with Crippen LogP contribution < -0.4 is 0 Å². The number of piperazine rings is 1. The Balaban J connectivity index is 1.82. The third kappa shape index (κ3) is 3.25. The summed E-state index contributed by atoms with van der Waals surface area (Å²) in [6.07, 6.45) is 0. The van der Waals surface area contributed by atoms with Crippen molar-refractivity contribution < 1.29 is 9.59 Å². The smallest absolute Gasteiger partial charge is 0.295 e. The van der Waals surface area contributed by atoms with Crippen LogP contribution in [0.1, 0.15) is 10.6 Å². The summed E-state index contributed by atoms with van der Waals surface area (Å²) in [5, 5.41) is 13.0. The number of hydrogen-bond acceptors (Lipinski definition) is 6. The van der Waals surface area contributed by atoms with Crippen molar-refractivity contribution in [2.45, 2.75) is 0 Å². The van der Waals surface area contributed by atoms with Gasteiger partial charge in [0.05, 0.1) is 6.54 Å². The quantitative estimate of drug-likeness (QED) is 0.683. The molecule has 1 aromatic rings. The maximum atomic E-state index is 11.9. The normalized spacial score (nSPS) is 16.4. The van der Waals surface area contributed by atoms with Gasteiger partial charge in [-0.15, -0.1) is 10.2 Å². The Morgan fingerprint density at radius 2 is 1.95 bits per heavy atom. The van der Waals surface area contributed by atoms with Crippen LogP contribution in [0.3, 0.4) is 0 Å². The number of rotatable bonds is 3. The van der Waals surface area contributed by atoms with Gasteiger partial charge in [0.15, 0.2) is 0 Å². The highest BCUT2D eigenvalue weighted by atomic mass is 16.2. The summed E-state index contributed by atoms with van der Waals surface area (Å²) in [5.74, 6) is -0.0805. The summed E-state index contributed by atoms with van der Waals surface area (Å²) in [4.78, 5) is 28.8. The third-order valence-electron chi connectivity index (χ3n) is 3.05. The van der Waals surface area contributed by atoms with Crippen molar-refractivity contribution >= 4 is 11.8 Å². The fourth-order valence-corrected chi connectivity index (χ4v) is 1.84. The van der Waals surface area contributed by atoms with E-state index in [4.69, 9.17) is 0 Å². The molecule has 0 saturated carbocycles. The molecule has 0 spiro atoms. The first-order chi connectivity index (χ1) is 9.08. The third-order valence-corrected chi connectivity index (χ3v) is 3.05. The zero-order valence-corrected chi connectivity index (χ0v) is 11.0. The minimum absolute atomic E-state index is 0.0675. The first kappa shape index (κ1) is 13.4. The van der Waals surface area contributed by atoms with Crippen molar-refractivity contribution in [2.75, 3.05) is 46.8 Å². The maximum absolute atomic E-state index is 11.9. The molecular weight excluding hydrogens is 250 g/mol. The molecule has 0 bridgehead atoms. The molecule has 1 saturated heterocycles. The fourth-order valence-electron chi connectivity index (χ4n) is 1.84. The Morgan fingerprint density at radius 1 is 1.26 bits per heavy atom. The molecule has 0 aromatic carbocycles. The lowest BCUT2D eigenvalue weighted by molar-refractivity contribution is -0.130. The van der Waals surface area contributed by atoms with Gasteiger partial charge in [-0.1, -0.05) is 0 Å². The van der Waals surface area contributed by atoms with Gasteiger partial charge in [0, 0.05) is 40.3 Å². The van der Waals surface area contributed by atoms with Gasteiger partial charge in [0.1, 0.15) is 0 Å². The van der Waals surface area contributed by atoms with Crippen LogP contribution in [-0.4, -0.2) is 94.0 Å². The van der Waals surface area contributed by atoms with Gasteiger partial charge < -0.3 is 9.80 Å². The predicted molar refractivity (Wildman–Crippen MR) is 65.2 cm³/mol. The van der Waals surface area contributed by atoms with Crippen LogP contribution in [-0.2, 0) is 4.79 Å². The van der Waals surface area contributed by atoms with Gasteiger partial charge in [-0.3, -0.25) is 14.5 Å². The standard InChI is InChI=1S/C10H17N7O2/c1-15(2)8(18)7-16-3-5-17(6-4-16)10(19)9-11-13-14-12-9/h3-7H2,1-2H3,(H,11,12,13,14). The van der Waals surface area contributed by atoms with Crippen LogP contribution in [0.15, 0.2) is 0 Å². The molecule has 9 nitrogen and oxygen atoms in total. The van der Waals surface area contributed by atoms with Crippen LogP contribution >= 0.6 is 0 Å². The lowest BCUT2D eigenvalue weighted by Gasteiger charge is -2.34. The first-order valence-electron chi connectivity index (χ1n) is 6.03. The second kappa shape index (κ2) is 5.74. The lowest BCUT2D eigenvalue weighted by atomic mass is 10.3. The van der Waals surface area contributed by atoms with Crippen LogP contribution in [0, 0.1) is 0 Å². The number of aromatic amines is 1. The van der Waals surface area contributed by atoms with Crippen molar-refractivity contribution in [3.05, 3.63) is 5.82 Å². The molecule has 1 N–H and O–H groups in total. The number of nitrogens with one attached hydrogen (secondary N) is 1. The van der Waals surface area contributed by atoms with Gasteiger partial charge >= 0.3 is 0 Å².